The highest BCUT2D eigenvalue weighted by Crippen LogP contribution is 2.34. The SMILES string of the molecule is Cc1nc(CSc2cccc(Cl)c2Cl)cs1. The first-order valence-electron chi connectivity index (χ1n) is 4.64. The molecule has 0 aliphatic rings. The standard InChI is InChI=1S/C11H9Cl2NS2/c1-7-14-8(5-15-7)6-16-10-4-2-3-9(12)11(10)13/h2-5H,6H2,1H3. The van der Waals surface area contributed by atoms with E-state index in [1.54, 1.807) is 29.2 Å². The lowest BCUT2D eigenvalue weighted by atomic mass is 10.4. The first kappa shape index (κ1) is 12.2. The summed E-state index contributed by atoms with van der Waals surface area (Å²) in [6.07, 6.45) is 0. The van der Waals surface area contributed by atoms with E-state index in [4.69, 9.17) is 23.2 Å². The zero-order chi connectivity index (χ0) is 11.5. The number of nitrogens with zero attached hydrogens (tertiary/aromatic N) is 1. The molecule has 0 saturated heterocycles. The number of thioether (sulfide) groups is 1. The van der Waals surface area contributed by atoms with E-state index in [-0.39, 0.29) is 0 Å². The van der Waals surface area contributed by atoms with Crippen LogP contribution in [0.15, 0.2) is 28.5 Å². The van der Waals surface area contributed by atoms with Crippen LogP contribution in [0, 0.1) is 6.92 Å². The number of hydrogen-bond acceptors (Lipinski definition) is 3. The Kier molecular flexibility index (Phi) is 4.14. The Morgan fingerprint density at radius 3 is 2.88 bits per heavy atom. The molecule has 1 nitrogen and oxygen atoms in total. The highest BCUT2D eigenvalue weighted by molar-refractivity contribution is 7.98. The van der Waals surface area contributed by atoms with Gasteiger partial charge in [0.2, 0.25) is 0 Å². The van der Waals surface area contributed by atoms with Gasteiger partial charge in [0.1, 0.15) is 0 Å². The Morgan fingerprint density at radius 1 is 1.38 bits per heavy atom. The highest BCUT2D eigenvalue weighted by atomic mass is 35.5. The quantitative estimate of drug-likeness (QED) is 0.734. The molecule has 0 radical (unpaired) electrons. The molecule has 0 aliphatic heterocycles. The smallest absolute Gasteiger partial charge is 0.0897 e. The minimum Gasteiger partial charge on any atom is -0.246 e. The molecule has 2 aromatic rings. The third kappa shape index (κ3) is 2.92. The maximum absolute atomic E-state index is 6.09. The molecule has 0 fully saturated rings. The van der Waals surface area contributed by atoms with E-state index in [1.807, 2.05) is 19.1 Å². The fourth-order valence-corrected chi connectivity index (χ4v) is 3.32. The number of aryl methyl sites for hydroxylation is 1. The predicted molar refractivity (Wildman–Crippen MR) is 72.9 cm³/mol. The number of benzene rings is 1. The van der Waals surface area contributed by atoms with Crippen molar-refractivity contribution in [2.45, 2.75) is 17.6 Å². The molecule has 0 N–H and O–H groups in total. The van der Waals surface area contributed by atoms with Crippen LogP contribution in [0.25, 0.3) is 0 Å². The van der Waals surface area contributed by atoms with E-state index < -0.39 is 0 Å². The van der Waals surface area contributed by atoms with Crippen LogP contribution < -0.4 is 0 Å². The summed E-state index contributed by atoms with van der Waals surface area (Å²) in [5.74, 6) is 0.824. The van der Waals surface area contributed by atoms with Crippen molar-refractivity contribution in [3.05, 3.63) is 44.3 Å². The Balaban J connectivity index is 2.07. The minimum absolute atomic E-state index is 0.598. The molecule has 1 heterocycles. The van der Waals surface area contributed by atoms with Gasteiger partial charge in [-0.05, 0) is 19.1 Å². The van der Waals surface area contributed by atoms with Crippen LogP contribution in [0.4, 0.5) is 0 Å². The van der Waals surface area contributed by atoms with Crippen LogP contribution in [-0.2, 0) is 5.75 Å². The Hall–Kier alpha value is -0.220. The number of hydrogen-bond donors (Lipinski definition) is 0. The molecule has 5 heteroatoms. The molecule has 1 aromatic heterocycles. The van der Waals surface area contributed by atoms with Gasteiger partial charge in [0.25, 0.3) is 0 Å². The summed E-state index contributed by atoms with van der Waals surface area (Å²) >= 11 is 15.4. The molecule has 0 aliphatic carbocycles. The average Bonchev–Trinajstić information content (AvgIpc) is 2.67. The van der Waals surface area contributed by atoms with Crippen molar-refractivity contribution < 1.29 is 0 Å². The molecule has 0 unspecified atom stereocenters. The number of thiazole rings is 1. The number of halogens is 2. The van der Waals surface area contributed by atoms with Crippen molar-refractivity contribution in [1.82, 2.24) is 4.98 Å². The van der Waals surface area contributed by atoms with Crippen molar-refractivity contribution in [3.8, 4) is 0 Å². The third-order valence-electron chi connectivity index (χ3n) is 1.96. The Labute approximate surface area is 113 Å². The minimum atomic E-state index is 0.598. The van der Waals surface area contributed by atoms with Gasteiger partial charge in [-0.3, -0.25) is 0 Å². The lowest BCUT2D eigenvalue weighted by Crippen LogP contribution is -1.82. The summed E-state index contributed by atoms with van der Waals surface area (Å²) in [6, 6.07) is 5.67. The van der Waals surface area contributed by atoms with Gasteiger partial charge >= 0.3 is 0 Å². The van der Waals surface area contributed by atoms with Crippen LogP contribution in [0.1, 0.15) is 10.7 Å². The van der Waals surface area contributed by atoms with Crippen LogP contribution in [0.3, 0.4) is 0 Å². The summed E-state index contributed by atoms with van der Waals surface area (Å²) in [5, 5.41) is 4.39. The van der Waals surface area contributed by atoms with Gasteiger partial charge in [-0.1, -0.05) is 29.3 Å². The van der Waals surface area contributed by atoms with Gasteiger partial charge in [0.05, 0.1) is 20.7 Å². The van der Waals surface area contributed by atoms with E-state index in [0.717, 1.165) is 21.3 Å². The van der Waals surface area contributed by atoms with Crippen molar-refractivity contribution in [2.24, 2.45) is 0 Å². The van der Waals surface area contributed by atoms with E-state index in [9.17, 15) is 0 Å². The second kappa shape index (κ2) is 5.41. The van der Waals surface area contributed by atoms with E-state index in [2.05, 4.69) is 10.4 Å². The van der Waals surface area contributed by atoms with Gasteiger partial charge in [0.15, 0.2) is 0 Å². The topological polar surface area (TPSA) is 12.9 Å². The largest absolute Gasteiger partial charge is 0.246 e. The monoisotopic (exact) mass is 289 g/mol. The summed E-state index contributed by atoms with van der Waals surface area (Å²) in [7, 11) is 0. The second-order valence-electron chi connectivity index (χ2n) is 3.20. The van der Waals surface area contributed by atoms with E-state index >= 15 is 0 Å². The second-order valence-corrected chi connectivity index (χ2v) is 6.06. The molecule has 0 bridgehead atoms. The first-order chi connectivity index (χ1) is 7.66. The lowest BCUT2D eigenvalue weighted by molar-refractivity contribution is 1.18. The van der Waals surface area contributed by atoms with Gasteiger partial charge in [-0.2, -0.15) is 0 Å². The van der Waals surface area contributed by atoms with E-state index in [1.165, 1.54) is 0 Å². The molecular formula is C11H9Cl2NS2. The van der Waals surface area contributed by atoms with Crippen molar-refractivity contribution in [1.29, 1.82) is 0 Å². The number of aromatic nitrogens is 1. The highest BCUT2D eigenvalue weighted by Gasteiger charge is 2.06. The third-order valence-corrected chi connectivity index (χ3v) is 4.80. The summed E-state index contributed by atoms with van der Waals surface area (Å²) in [4.78, 5) is 5.40. The van der Waals surface area contributed by atoms with Crippen LogP contribution >= 0.6 is 46.3 Å². The molecule has 2 rings (SSSR count). The first-order valence-corrected chi connectivity index (χ1v) is 7.27. The summed E-state index contributed by atoms with van der Waals surface area (Å²) < 4.78 is 0. The fourth-order valence-electron chi connectivity index (χ4n) is 1.22. The maximum atomic E-state index is 6.09. The van der Waals surface area contributed by atoms with Gasteiger partial charge in [-0.25, -0.2) is 4.98 Å². The van der Waals surface area contributed by atoms with Gasteiger partial charge in [-0.15, -0.1) is 23.1 Å². The Morgan fingerprint density at radius 2 is 2.19 bits per heavy atom. The lowest BCUT2D eigenvalue weighted by Gasteiger charge is -2.03. The Bertz CT molecular complexity index is 496. The number of rotatable bonds is 3. The van der Waals surface area contributed by atoms with Crippen LogP contribution in [-0.4, -0.2) is 4.98 Å². The zero-order valence-electron chi connectivity index (χ0n) is 8.54. The summed E-state index contributed by atoms with van der Waals surface area (Å²) in [5.41, 5.74) is 1.09. The molecule has 16 heavy (non-hydrogen) atoms. The van der Waals surface area contributed by atoms with Crippen molar-refractivity contribution in [2.75, 3.05) is 0 Å². The van der Waals surface area contributed by atoms with Crippen molar-refractivity contribution in [3.63, 3.8) is 0 Å². The molecule has 84 valence electrons. The normalized spacial score (nSPS) is 10.7. The molecule has 1 aromatic carbocycles. The van der Waals surface area contributed by atoms with Gasteiger partial charge < -0.3 is 0 Å². The molecule has 0 amide bonds. The molecule has 0 saturated carbocycles. The van der Waals surface area contributed by atoms with Crippen molar-refractivity contribution >= 4 is 46.3 Å². The predicted octanol–water partition coefficient (Wildman–Crippen LogP) is 5.05. The summed E-state index contributed by atoms with van der Waals surface area (Å²) in [6.45, 7) is 2.01. The molecule has 0 atom stereocenters. The molecule has 0 spiro atoms. The maximum Gasteiger partial charge on any atom is 0.0897 e. The molecular weight excluding hydrogens is 281 g/mol. The fraction of sp³-hybridized carbons (Fsp3) is 0.182. The van der Waals surface area contributed by atoms with E-state index in [0.29, 0.717) is 10.0 Å². The average molecular weight is 290 g/mol. The van der Waals surface area contributed by atoms with Crippen LogP contribution in [0.2, 0.25) is 10.0 Å². The van der Waals surface area contributed by atoms with Crippen LogP contribution in [0.5, 0.6) is 0 Å². The van der Waals surface area contributed by atoms with Gasteiger partial charge in [0, 0.05) is 16.0 Å². The zero-order valence-corrected chi connectivity index (χ0v) is 11.7.